The van der Waals surface area contributed by atoms with Crippen LogP contribution in [-0.4, -0.2) is 35.1 Å². The van der Waals surface area contributed by atoms with E-state index < -0.39 is 10.0 Å². The molecule has 0 bridgehead atoms. The number of aryl methyl sites for hydroxylation is 1. The molecule has 1 heterocycles. The van der Waals surface area contributed by atoms with Crippen molar-refractivity contribution in [2.75, 3.05) is 30.4 Å². The number of methoxy groups -OCH3 is 2. The van der Waals surface area contributed by atoms with E-state index in [4.69, 9.17) is 9.47 Å². The zero-order chi connectivity index (χ0) is 19.6. The fourth-order valence-corrected chi connectivity index (χ4v) is 4.28. The molecule has 1 N–H and O–H groups in total. The molecule has 8 heteroatoms. The lowest BCUT2D eigenvalue weighted by Crippen LogP contribution is -2.33. The first-order valence-electron chi connectivity index (χ1n) is 8.51. The van der Waals surface area contributed by atoms with Crippen LogP contribution >= 0.6 is 0 Å². The Bertz CT molecular complexity index is 972. The zero-order valence-corrected chi connectivity index (χ0v) is 16.3. The van der Waals surface area contributed by atoms with E-state index in [0.29, 0.717) is 23.7 Å². The van der Waals surface area contributed by atoms with Crippen molar-refractivity contribution in [1.29, 1.82) is 0 Å². The standard InChI is InChI=1S/C19H22N2O5S/c1-13(22)21-10-4-5-14-11-16(7-8-18(14)21)27(23,24)20-17-12-15(25-2)6-9-19(17)26-3/h6-9,11-12,20H,4-5,10H2,1-3H3. The highest BCUT2D eigenvalue weighted by Gasteiger charge is 2.23. The van der Waals surface area contributed by atoms with E-state index in [1.54, 1.807) is 35.2 Å². The number of ether oxygens (including phenoxy) is 2. The van der Waals surface area contributed by atoms with Gasteiger partial charge in [0.15, 0.2) is 0 Å². The van der Waals surface area contributed by atoms with Gasteiger partial charge >= 0.3 is 0 Å². The van der Waals surface area contributed by atoms with Gasteiger partial charge in [-0.1, -0.05) is 0 Å². The molecular formula is C19H22N2O5S. The minimum absolute atomic E-state index is 0.0502. The number of nitrogens with one attached hydrogen (secondary N) is 1. The molecule has 0 aliphatic carbocycles. The number of fused-ring (bicyclic) bond motifs is 1. The van der Waals surface area contributed by atoms with Crippen LogP contribution in [0.5, 0.6) is 11.5 Å². The van der Waals surface area contributed by atoms with Crippen LogP contribution in [0.2, 0.25) is 0 Å². The third-order valence-corrected chi connectivity index (χ3v) is 5.87. The molecule has 144 valence electrons. The van der Waals surface area contributed by atoms with Crippen LogP contribution in [0.15, 0.2) is 41.3 Å². The highest BCUT2D eigenvalue weighted by Crippen LogP contribution is 2.33. The van der Waals surface area contributed by atoms with Crippen LogP contribution in [0.3, 0.4) is 0 Å². The summed E-state index contributed by atoms with van der Waals surface area (Å²) in [7, 11) is -0.860. The van der Waals surface area contributed by atoms with E-state index >= 15 is 0 Å². The van der Waals surface area contributed by atoms with Crippen LogP contribution in [0, 0.1) is 0 Å². The van der Waals surface area contributed by atoms with Gasteiger partial charge in [0, 0.05) is 25.2 Å². The molecule has 1 amide bonds. The number of benzene rings is 2. The fourth-order valence-electron chi connectivity index (χ4n) is 3.17. The number of amides is 1. The molecule has 0 fully saturated rings. The molecule has 2 aromatic rings. The summed E-state index contributed by atoms with van der Waals surface area (Å²) in [6.07, 6.45) is 1.53. The molecule has 1 aliphatic rings. The molecule has 0 aromatic heterocycles. The number of rotatable bonds is 5. The highest BCUT2D eigenvalue weighted by molar-refractivity contribution is 7.92. The monoisotopic (exact) mass is 390 g/mol. The number of nitrogens with zero attached hydrogens (tertiary/aromatic N) is 1. The van der Waals surface area contributed by atoms with Gasteiger partial charge in [0.05, 0.1) is 24.8 Å². The minimum atomic E-state index is -3.83. The average molecular weight is 390 g/mol. The normalized spacial score (nSPS) is 13.7. The highest BCUT2D eigenvalue weighted by atomic mass is 32.2. The van der Waals surface area contributed by atoms with Crippen molar-refractivity contribution in [2.45, 2.75) is 24.7 Å². The van der Waals surface area contributed by atoms with E-state index in [1.165, 1.54) is 27.2 Å². The molecule has 1 aliphatic heterocycles. The Morgan fingerprint density at radius 1 is 1.11 bits per heavy atom. The van der Waals surface area contributed by atoms with Gasteiger partial charge < -0.3 is 14.4 Å². The van der Waals surface area contributed by atoms with E-state index in [0.717, 1.165) is 24.1 Å². The van der Waals surface area contributed by atoms with Gasteiger partial charge in [-0.15, -0.1) is 0 Å². The fraction of sp³-hybridized carbons (Fsp3) is 0.316. The first-order valence-corrected chi connectivity index (χ1v) is 10.00. The lowest BCUT2D eigenvalue weighted by Gasteiger charge is -2.28. The third kappa shape index (κ3) is 3.85. The molecule has 0 unspecified atom stereocenters. The van der Waals surface area contributed by atoms with Crippen LogP contribution < -0.4 is 19.1 Å². The average Bonchev–Trinajstić information content (AvgIpc) is 2.66. The van der Waals surface area contributed by atoms with Gasteiger partial charge in [-0.2, -0.15) is 0 Å². The molecule has 27 heavy (non-hydrogen) atoms. The Hall–Kier alpha value is -2.74. The lowest BCUT2D eigenvalue weighted by molar-refractivity contribution is -0.116. The van der Waals surface area contributed by atoms with E-state index in [2.05, 4.69) is 4.72 Å². The molecule has 0 radical (unpaired) electrons. The summed E-state index contributed by atoms with van der Waals surface area (Å²) < 4.78 is 38.7. The Balaban J connectivity index is 1.96. The molecule has 0 saturated heterocycles. The second kappa shape index (κ2) is 7.48. The van der Waals surface area contributed by atoms with Crippen molar-refractivity contribution < 1.29 is 22.7 Å². The molecule has 2 aromatic carbocycles. The predicted molar refractivity (Wildman–Crippen MR) is 103 cm³/mol. The zero-order valence-electron chi connectivity index (χ0n) is 15.5. The summed E-state index contributed by atoms with van der Waals surface area (Å²) in [5, 5.41) is 0. The summed E-state index contributed by atoms with van der Waals surface area (Å²) in [5.41, 5.74) is 1.91. The summed E-state index contributed by atoms with van der Waals surface area (Å²) in [4.78, 5) is 13.6. The Morgan fingerprint density at radius 2 is 1.89 bits per heavy atom. The van der Waals surface area contributed by atoms with Crippen molar-refractivity contribution in [3.05, 3.63) is 42.0 Å². The van der Waals surface area contributed by atoms with Crippen LogP contribution in [0.4, 0.5) is 11.4 Å². The lowest BCUT2D eigenvalue weighted by atomic mass is 10.0. The smallest absolute Gasteiger partial charge is 0.262 e. The molecular weight excluding hydrogens is 368 g/mol. The number of anilines is 2. The maximum atomic E-state index is 12.9. The van der Waals surface area contributed by atoms with Crippen LogP contribution in [0.1, 0.15) is 18.9 Å². The molecule has 7 nitrogen and oxygen atoms in total. The molecule has 3 rings (SSSR count). The second-order valence-electron chi connectivity index (χ2n) is 6.24. The maximum absolute atomic E-state index is 12.9. The first-order chi connectivity index (χ1) is 12.9. The van der Waals surface area contributed by atoms with Gasteiger partial charge in [-0.05, 0) is 48.7 Å². The van der Waals surface area contributed by atoms with Gasteiger partial charge in [0.2, 0.25) is 5.91 Å². The first kappa shape index (κ1) is 19.0. The SMILES string of the molecule is COc1ccc(OC)c(NS(=O)(=O)c2ccc3c(c2)CCCN3C(C)=O)c1. The maximum Gasteiger partial charge on any atom is 0.262 e. The molecule has 0 spiro atoms. The summed E-state index contributed by atoms with van der Waals surface area (Å²) in [5.74, 6) is 0.849. The topological polar surface area (TPSA) is 84.9 Å². The van der Waals surface area contributed by atoms with E-state index in [1.807, 2.05) is 0 Å². The number of carbonyl (C=O) groups excluding carboxylic acids is 1. The number of carbonyl (C=O) groups is 1. The quantitative estimate of drug-likeness (QED) is 0.849. The Labute approximate surface area is 158 Å². The Morgan fingerprint density at radius 3 is 2.56 bits per heavy atom. The van der Waals surface area contributed by atoms with Crippen molar-refractivity contribution >= 4 is 27.3 Å². The van der Waals surface area contributed by atoms with Gasteiger partial charge in [0.1, 0.15) is 11.5 Å². The summed E-state index contributed by atoms with van der Waals surface area (Å²) >= 11 is 0. The summed E-state index contributed by atoms with van der Waals surface area (Å²) in [6.45, 7) is 2.16. The van der Waals surface area contributed by atoms with Crippen molar-refractivity contribution in [2.24, 2.45) is 0 Å². The van der Waals surface area contributed by atoms with E-state index in [9.17, 15) is 13.2 Å². The predicted octanol–water partition coefficient (Wildman–Crippen LogP) is 2.80. The van der Waals surface area contributed by atoms with Crippen molar-refractivity contribution in [1.82, 2.24) is 0 Å². The van der Waals surface area contributed by atoms with Crippen LogP contribution in [0.25, 0.3) is 0 Å². The van der Waals surface area contributed by atoms with Gasteiger partial charge in [0.25, 0.3) is 10.0 Å². The van der Waals surface area contributed by atoms with Crippen molar-refractivity contribution in [3.8, 4) is 11.5 Å². The number of hydrogen-bond donors (Lipinski definition) is 1. The summed E-state index contributed by atoms with van der Waals surface area (Å²) in [6, 6.07) is 9.70. The molecule has 0 atom stereocenters. The van der Waals surface area contributed by atoms with Crippen molar-refractivity contribution in [3.63, 3.8) is 0 Å². The second-order valence-corrected chi connectivity index (χ2v) is 7.92. The number of hydrogen-bond acceptors (Lipinski definition) is 5. The van der Waals surface area contributed by atoms with Crippen LogP contribution in [-0.2, 0) is 21.2 Å². The van der Waals surface area contributed by atoms with E-state index in [-0.39, 0.29) is 10.8 Å². The van der Waals surface area contributed by atoms with Gasteiger partial charge in [-0.3, -0.25) is 9.52 Å². The third-order valence-electron chi connectivity index (χ3n) is 4.51. The minimum Gasteiger partial charge on any atom is -0.497 e. The van der Waals surface area contributed by atoms with Gasteiger partial charge in [-0.25, -0.2) is 8.42 Å². The molecule has 0 saturated carbocycles. The number of sulfonamides is 1. The Kier molecular flexibility index (Phi) is 5.27. The largest absolute Gasteiger partial charge is 0.497 e.